The van der Waals surface area contributed by atoms with Gasteiger partial charge in [-0.1, -0.05) is 6.92 Å². The van der Waals surface area contributed by atoms with Crippen LogP contribution in [-0.2, 0) is 23.8 Å². The highest BCUT2D eigenvalue weighted by Gasteiger charge is 2.71. The van der Waals surface area contributed by atoms with Gasteiger partial charge >= 0.3 is 5.97 Å². The van der Waals surface area contributed by atoms with Gasteiger partial charge in [0.15, 0.2) is 6.29 Å². The van der Waals surface area contributed by atoms with Crippen LogP contribution in [0.5, 0.6) is 0 Å². The molecule has 0 aromatic carbocycles. The van der Waals surface area contributed by atoms with Crippen molar-refractivity contribution >= 4 is 12.3 Å². The van der Waals surface area contributed by atoms with E-state index in [2.05, 4.69) is 6.92 Å². The number of hydrogen-bond donors (Lipinski definition) is 4. The average molecular weight is 535 g/mol. The summed E-state index contributed by atoms with van der Waals surface area (Å²) in [6, 6.07) is 0. The number of carbonyl (C=O) groups excluding carboxylic acids is 2. The van der Waals surface area contributed by atoms with Crippen LogP contribution in [0.2, 0.25) is 0 Å². The summed E-state index contributed by atoms with van der Waals surface area (Å²) in [5.41, 5.74) is -2.60. The number of ether oxygens (including phenoxy) is 3. The number of hydrogen-bond acceptors (Lipinski definition) is 9. The minimum absolute atomic E-state index is 0.0729. The number of cyclic esters (lactones) is 1. The van der Waals surface area contributed by atoms with Crippen LogP contribution in [0.25, 0.3) is 0 Å². The predicted molar refractivity (Wildman–Crippen MR) is 133 cm³/mol. The Kier molecular flexibility index (Phi) is 6.41. The van der Waals surface area contributed by atoms with Crippen molar-refractivity contribution in [1.29, 1.82) is 0 Å². The third kappa shape index (κ3) is 3.65. The van der Waals surface area contributed by atoms with Gasteiger partial charge in [-0.05, 0) is 81.6 Å². The quantitative estimate of drug-likeness (QED) is 0.241. The Hall–Kier alpha value is -1.36. The zero-order chi connectivity index (χ0) is 27.1. The molecule has 0 unspecified atom stereocenters. The Labute approximate surface area is 223 Å². The molecule has 0 aromatic heterocycles. The van der Waals surface area contributed by atoms with E-state index in [1.807, 2.05) is 0 Å². The Morgan fingerprint density at radius 3 is 2.50 bits per heavy atom. The SMILES string of the molecule is C[C@@H]1O[C@H](O[C@@H]2CC[C@]3(C=O)[C@H]4CC[C@]5(C)[C@H](C6=CC(=O)OC6)CC[C@]5(O)[C@@H]4CC[C@]3(O)C2)C[C@@H](O)[C@H]1O. The monoisotopic (exact) mass is 534 g/mol. The lowest BCUT2D eigenvalue weighted by Crippen LogP contribution is -2.69. The molecule has 0 spiro atoms. The van der Waals surface area contributed by atoms with Crippen LogP contribution < -0.4 is 0 Å². The second-order valence-corrected chi connectivity index (χ2v) is 13.3. The molecule has 9 heteroatoms. The Balaban J connectivity index is 1.22. The second kappa shape index (κ2) is 9.08. The average Bonchev–Trinajstić information content (AvgIpc) is 3.41. The first-order valence-corrected chi connectivity index (χ1v) is 14.4. The molecule has 2 aliphatic heterocycles. The fourth-order valence-electron chi connectivity index (χ4n) is 9.76. The van der Waals surface area contributed by atoms with Gasteiger partial charge in [-0.15, -0.1) is 0 Å². The van der Waals surface area contributed by atoms with Crippen LogP contribution in [0.4, 0.5) is 0 Å². The van der Waals surface area contributed by atoms with E-state index in [0.29, 0.717) is 45.1 Å². The number of esters is 1. The standard InChI is InChI=1S/C29H42O9/c1-16-25(33)22(31)12-24(37-16)38-18-3-8-27(15-30)20-4-7-26(2)19(17-11-23(32)36-14-17)6-10-29(26,35)21(20)5-9-28(27,34)13-18/h11,15-16,18-22,24-25,31,33-35H,3-10,12-14H2,1-2H3/t16-,18+,19-,20-,21+,22+,24+,25-,26+,27-,28-,29-/m0/s1. The third-order valence-corrected chi connectivity index (χ3v) is 11.9. The molecule has 9 nitrogen and oxygen atoms in total. The van der Waals surface area contributed by atoms with E-state index < -0.39 is 46.6 Å². The predicted octanol–water partition coefficient (Wildman–Crippen LogP) is 1.78. The molecule has 0 aromatic rings. The van der Waals surface area contributed by atoms with E-state index in [1.54, 1.807) is 13.0 Å². The minimum atomic E-state index is -1.24. The third-order valence-electron chi connectivity index (χ3n) is 11.9. The molecule has 0 radical (unpaired) electrons. The van der Waals surface area contributed by atoms with Gasteiger partial charge in [0, 0.05) is 24.3 Å². The van der Waals surface area contributed by atoms with Crippen LogP contribution >= 0.6 is 0 Å². The minimum Gasteiger partial charge on any atom is -0.458 e. The number of aliphatic hydroxyl groups excluding tert-OH is 2. The van der Waals surface area contributed by atoms with E-state index >= 15 is 0 Å². The zero-order valence-electron chi connectivity index (χ0n) is 22.4. The summed E-state index contributed by atoms with van der Waals surface area (Å²) < 4.78 is 17.1. The summed E-state index contributed by atoms with van der Waals surface area (Å²) in [6.45, 7) is 4.13. The molecule has 4 aliphatic carbocycles. The first-order chi connectivity index (χ1) is 18.0. The molecule has 6 aliphatic rings. The number of aldehydes is 1. The molecule has 212 valence electrons. The summed E-state index contributed by atoms with van der Waals surface area (Å²) in [4.78, 5) is 24.7. The van der Waals surface area contributed by atoms with Gasteiger partial charge in [-0.25, -0.2) is 4.79 Å². The smallest absolute Gasteiger partial charge is 0.331 e. The van der Waals surface area contributed by atoms with E-state index in [9.17, 15) is 30.0 Å². The van der Waals surface area contributed by atoms with E-state index in [4.69, 9.17) is 14.2 Å². The molecule has 5 fully saturated rings. The zero-order valence-corrected chi connectivity index (χ0v) is 22.4. The van der Waals surface area contributed by atoms with Gasteiger partial charge in [0.25, 0.3) is 0 Å². The summed E-state index contributed by atoms with van der Waals surface area (Å²) in [5.74, 6) is -0.473. The second-order valence-electron chi connectivity index (χ2n) is 13.3. The fourth-order valence-corrected chi connectivity index (χ4v) is 9.76. The van der Waals surface area contributed by atoms with Gasteiger partial charge < -0.3 is 39.4 Å². The van der Waals surface area contributed by atoms with Crippen molar-refractivity contribution in [2.45, 2.75) is 120 Å². The summed E-state index contributed by atoms with van der Waals surface area (Å²) in [5, 5.41) is 44.6. The maximum atomic E-state index is 12.9. The first kappa shape index (κ1) is 26.8. The Morgan fingerprint density at radius 1 is 1.05 bits per heavy atom. The molecule has 4 saturated carbocycles. The lowest BCUT2D eigenvalue weighted by atomic mass is 9.41. The molecule has 38 heavy (non-hydrogen) atoms. The van der Waals surface area contributed by atoms with E-state index in [1.165, 1.54) is 0 Å². The molecule has 4 N–H and O–H groups in total. The molecular formula is C29H42O9. The van der Waals surface area contributed by atoms with Gasteiger partial charge in [0.05, 0.1) is 34.9 Å². The van der Waals surface area contributed by atoms with E-state index in [0.717, 1.165) is 31.1 Å². The number of carbonyl (C=O) groups is 2. The van der Waals surface area contributed by atoms with Crippen molar-refractivity contribution in [3.05, 3.63) is 11.6 Å². The molecule has 0 bridgehead atoms. The van der Waals surface area contributed by atoms with Crippen molar-refractivity contribution in [2.75, 3.05) is 6.61 Å². The summed E-state index contributed by atoms with van der Waals surface area (Å²) in [7, 11) is 0. The van der Waals surface area contributed by atoms with Crippen LogP contribution in [0.1, 0.15) is 78.1 Å². The van der Waals surface area contributed by atoms with Gasteiger partial charge in [-0.3, -0.25) is 0 Å². The molecular weight excluding hydrogens is 492 g/mol. The van der Waals surface area contributed by atoms with Crippen LogP contribution in [0, 0.1) is 28.6 Å². The number of fused-ring (bicyclic) bond motifs is 5. The maximum Gasteiger partial charge on any atom is 0.331 e. The highest BCUT2D eigenvalue weighted by Crippen LogP contribution is 2.70. The first-order valence-electron chi connectivity index (χ1n) is 14.4. The number of rotatable bonds is 4. The van der Waals surface area contributed by atoms with Gasteiger partial charge in [0.1, 0.15) is 19.0 Å². The molecule has 12 atom stereocenters. The largest absolute Gasteiger partial charge is 0.458 e. The summed E-state index contributed by atoms with van der Waals surface area (Å²) >= 11 is 0. The van der Waals surface area contributed by atoms with E-state index in [-0.39, 0.29) is 36.2 Å². The highest BCUT2D eigenvalue weighted by atomic mass is 16.7. The number of aliphatic hydroxyl groups is 4. The Bertz CT molecular complexity index is 1000. The maximum absolute atomic E-state index is 12.9. The highest BCUT2D eigenvalue weighted by molar-refractivity contribution is 5.85. The Morgan fingerprint density at radius 2 is 1.82 bits per heavy atom. The van der Waals surface area contributed by atoms with Crippen molar-refractivity contribution in [3.63, 3.8) is 0 Å². The van der Waals surface area contributed by atoms with Crippen LogP contribution in [0.15, 0.2) is 11.6 Å². The van der Waals surface area contributed by atoms with Crippen molar-refractivity contribution < 1.29 is 44.2 Å². The van der Waals surface area contributed by atoms with Crippen LogP contribution in [-0.4, -0.2) is 81.2 Å². The normalized spacial score (nSPS) is 54.4. The summed E-state index contributed by atoms with van der Waals surface area (Å²) in [6.07, 6.45) is 4.50. The topological polar surface area (TPSA) is 143 Å². The van der Waals surface area contributed by atoms with Crippen LogP contribution in [0.3, 0.4) is 0 Å². The van der Waals surface area contributed by atoms with Crippen molar-refractivity contribution in [2.24, 2.45) is 28.6 Å². The molecule has 2 heterocycles. The van der Waals surface area contributed by atoms with Gasteiger partial charge in [-0.2, -0.15) is 0 Å². The molecule has 1 saturated heterocycles. The van der Waals surface area contributed by atoms with Gasteiger partial charge in [0.2, 0.25) is 0 Å². The van der Waals surface area contributed by atoms with Crippen molar-refractivity contribution in [3.8, 4) is 0 Å². The lowest BCUT2D eigenvalue weighted by Gasteiger charge is -2.65. The van der Waals surface area contributed by atoms with Crippen molar-refractivity contribution in [1.82, 2.24) is 0 Å². The molecule has 0 amide bonds. The fraction of sp³-hybridized carbons (Fsp3) is 0.862. The molecule has 6 rings (SSSR count). The lowest BCUT2D eigenvalue weighted by molar-refractivity contribution is -0.286.